The molecule has 0 saturated heterocycles. The second-order valence-corrected chi connectivity index (χ2v) is 6.67. The Bertz CT molecular complexity index is 945. The third-order valence-electron chi connectivity index (χ3n) is 4.84. The highest BCUT2D eigenvalue weighted by atomic mass is 16.4. The van der Waals surface area contributed by atoms with Gasteiger partial charge in [-0.15, -0.1) is 0 Å². The molecule has 7 nitrogen and oxygen atoms in total. The van der Waals surface area contributed by atoms with E-state index in [0.29, 0.717) is 11.7 Å². The summed E-state index contributed by atoms with van der Waals surface area (Å²) in [5.41, 5.74) is 2.46. The normalized spacial score (nSPS) is 20.2. The van der Waals surface area contributed by atoms with Crippen molar-refractivity contribution in [3.05, 3.63) is 48.3 Å². The highest BCUT2D eigenvalue weighted by molar-refractivity contribution is 5.90. The molecule has 0 unspecified atom stereocenters. The number of aliphatic hydroxyl groups is 1. The van der Waals surface area contributed by atoms with Gasteiger partial charge in [0.25, 0.3) is 0 Å². The van der Waals surface area contributed by atoms with Crippen LogP contribution in [0.2, 0.25) is 0 Å². The number of carboxylic acids is 1. The van der Waals surface area contributed by atoms with E-state index in [2.05, 4.69) is 15.4 Å². The van der Waals surface area contributed by atoms with Crippen molar-refractivity contribution in [3.63, 3.8) is 0 Å². The fourth-order valence-corrected chi connectivity index (χ4v) is 3.40. The fourth-order valence-electron chi connectivity index (χ4n) is 3.40. The van der Waals surface area contributed by atoms with Gasteiger partial charge in [0.05, 0.1) is 17.9 Å². The van der Waals surface area contributed by atoms with Crippen LogP contribution < -0.4 is 5.32 Å². The summed E-state index contributed by atoms with van der Waals surface area (Å²) in [7, 11) is 0. The third-order valence-corrected chi connectivity index (χ3v) is 4.84. The van der Waals surface area contributed by atoms with Gasteiger partial charge in [-0.25, -0.2) is 14.3 Å². The molecular formula is C19H20N4O3. The molecule has 0 aliphatic heterocycles. The lowest BCUT2D eigenvalue weighted by Gasteiger charge is -2.26. The molecule has 0 bridgehead atoms. The standard InChI is InChI=1S/C19H20N4O3/c24-15-6-4-14(5-7-15)21-17-8-9-23-18(22-17)16(11-20-23)12-2-1-3-13(10-12)19(25)26/h1-3,8-11,14-15,24H,4-7H2,(H,21,22)(H,25,26). The monoisotopic (exact) mass is 352 g/mol. The summed E-state index contributed by atoms with van der Waals surface area (Å²) in [5, 5.41) is 26.6. The van der Waals surface area contributed by atoms with Crippen LogP contribution in [0, 0.1) is 0 Å². The van der Waals surface area contributed by atoms with Gasteiger partial charge in [-0.3, -0.25) is 0 Å². The van der Waals surface area contributed by atoms with Crippen LogP contribution >= 0.6 is 0 Å². The van der Waals surface area contributed by atoms with Gasteiger partial charge in [0.2, 0.25) is 0 Å². The summed E-state index contributed by atoms with van der Waals surface area (Å²) in [5.74, 6) is -0.201. The molecule has 1 aliphatic carbocycles. The number of carbonyl (C=O) groups is 1. The number of aromatic nitrogens is 3. The van der Waals surface area contributed by atoms with Crippen molar-refractivity contribution in [2.45, 2.75) is 37.8 Å². The van der Waals surface area contributed by atoms with Crippen molar-refractivity contribution in [1.82, 2.24) is 14.6 Å². The Labute approximate surface area is 150 Å². The highest BCUT2D eigenvalue weighted by Gasteiger charge is 2.20. The van der Waals surface area contributed by atoms with Crippen molar-refractivity contribution < 1.29 is 15.0 Å². The maximum absolute atomic E-state index is 11.2. The lowest BCUT2D eigenvalue weighted by atomic mass is 9.93. The third kappa shape index (κ3) is 3.25. The first-order valence-corrected chi connectivity index (χ1v) is 8.73. The minimum Gasteiger partial charge on any atom is -0.478 e. The first-order chi connectivity index (χ1) is 12.6. The average Bonchev–Trinajstić information content (AvgIpc) is 3.07. The Balaban J connectivity index is 1.64. The van der Waals surface area contributed by atoms with Crippen LogP contribution in [-0.2, 0) is 0 Å². The SMILES string of the molecule is O=C(O)c1cccc(-c2cnn3ccc(NC4CCC(O)CC4)nc23)c1. The lowest BCUT2D eigenvalue weighted by molar-refractivity contribution is 0.0697. The first kappa shape index (κ1) is 16.5. The number of aromatic carboxylic acids is 1. The molecule has 1 fully saturated rings. The van der Waals surface area contributed by atoms with Crippen LogP contribution in [0.5, 0.6) is 0 Å². The van der Waals surface area contributed by atoms with Crippen molar-refractivity contribution in [1.29, 1.82) is 0 Å². The summed E-state index contributed by atoms with van der Waals surface area (Å²) in [6.45, 7) is 0. The van der Waals surface area contributed by atoms with E-state index in [-0.39, 0.29) is 11.7 Å². The quantitative estimate of drug-likeness (QED) is 0.668. The van der Waals surface area contributed by atoms with E-state index >= 15 is 0 Å². The fraction of sp³-hybridized carbons (Fsp3) is 0.316. The second-order valence-electron chi connectivity index (χ2n) is 6.67. The zero-order chi connectivity index (χ0) is 18.1. The summed E-state index contributed by atoms with van der Waals surface area (Å²) in [6, 6.07) is 8.95. The van der Waals surface area contributed by atoms with E-state index in [9.17, 15) is 15.0 Å². The number of benzene rings is 1. The van der Waals surface area contributed by atoms with Crippen molar-refractivity contribution in [3.8, 4) is 11.1 Å². The molecule has 3 N–H and O–H groups in total. The van der Waals surface area contributed by atoms with Gasteiger partial charge < -0.3 is 15.5 Å². The molecule has 0 spiro atoms. The van der Waals surface area contributed by atoms with E-state index in [0.717, 1.165) is 42.6 Å². The summed E-state index contributed by atoms with van der Waals surface area (Å²) in [6.07, 6.45) is 6.80. The Kier molecular flexibility index (Phi) is 4.30. The zero-order valence-electron chi connectivity index (χ0n) is 14.2. The smallest absolute Gasteiger partial charge is 0.335 e. The van der Waals surface area contributed by atoms with Crippen molar-refractivity contribution in [2.24, 2.45) is 0 Å². The predicted molar refractivity (Wildman–Crippen MR) is 97.3 cm³/mol. The molecule has 7 heteroatoms. The Morgan fingerprint density at radius 2 is 2.00 bits per heavy atom. The largest absolute Gasteiger partial charge is 0.478 e. The molecule has 26 heavy (non-hydrogen) atoms. The molecule has 1 aliphatic rings. The number of nitrogens with one attached hydrogen (secondary N) is 1. The van der Waals surface area contributed by atoms with Gasteiger partial charge in [0.1, 0.15) is 5.82 Å². The topological polar surface area (TPSA) is 99.8 Å². The number of hydrogen-bond donors (Lipinski definition) is 3. The van der Waals surface area contributed by atoms with Gasteiger partial charge >= 0.3 is 5.97 Å². The van der Waals surface area contributed by atoms with Crippen LogP contribution in [0.1, 0.15) is 36.0 Å². The molecule has 2 heterocycles. The lowest BCUT2D eigenvalue weighted by Crippen LogP contribution is -2.28. The summed E-state index contributed by atoms with van der Waals surface area (Å²) < 4.78 is 1.68. The summed E-state index contributed by atoms with van der Waals surface area (Å²) >= 11 is 0. The van der Waals surface area contributed by atoms with Gasteiger partial charge in [0, 0.05) is 17.8 Å². The van der Waals surface area contributed by atoms with E-state index in [1.54, 1.807) is 28.9 Å². The zero-order valence-corrected chi connectivity index (χ0v) is 14.2. The van der Waals surface area contributed by atoms with E-state index < -0.39 is 5.97 Å². The molecule has 1 saturated carbocycles. The molecule has 0 radical (unpaired) electrons. The van der Waals surface area contributed by atoms with Gasteiger partial charge in [-0.05, 0) is 49.4 Å². The molecule has 1 aromatic carbocycles. The Hall–Kier alpha value is -2.93. The van der Waals surface area contributed by atoms with Crippen LogP contribution in [0.25, 0.3) is 16.8 Å². The average molecular weight is 352 g/mol. The Morgan fingerprint density at radius 3 is 2.77 bits per heavy atom. The Morgan fingerprint density at radius 1 is 1.19 bits per heavy atom. The van der Waals surface area contributed by atoms with Crippen LogP contribution in [0.4, 0.5) is 5.82 Å². The second kappa shape index (κ2) is 6.76. The predicted octanol–water partition coefficient (Wildman–Crippen LogP) is 2.81. The van der Waals surface area contributed by atoms with Gasteiger partial charge in [-0.1, -0.05) is 12.1 Å². The number of hydrogen-bond acceptors (Lipinski definition) is 5. The minimum atomic E-state index is -0.960. The van der Waals surface area contributed by atoms with Crippen molar-refractivity contribution >= 4 is 17.4 Å². The molecule has 2 aromatic heterocycles. The van der Waals surface area contributed by atoms with Gasteiger partial charge in [-0.2, -0.15) is 5.10 Å². The van der Waals surface area contributed by atoms with E-state index in [4.69, 9.17) is 0 Å². The number of fused-ring (bicyclic) bond motifs is 1. The van der Waals surface area contributed by atoms with E-state index in [1.165, 1.54) is 0 Å². The molecule has 0 amide bonds. The maximum Gasteiger partial charge on any atom is 0.335 e. The highest BCUT2D eigenvalue weighted by Crippen LogP contribution is 2.26. The summed E-state index contributed by atoms with van der Waals surface area (Å²) in [4.78, 5) is 15.9. The molecule has 4 rings (SSSR count). The van der Waals surface area contributed by atoms with Crippen LogP contribution in [0.15, 0.2) is 42.7 Å². The number of nitrogens with zero attached hydrogens (tertiary/aromatic N) is 3. The first-order valence-electron chi connectivity index (χ1n) is 8.73. The van der Waals surface area contributed by atoms with Crippen LogP contribution in [-0.4, -0.2) is 42.9 Å². The molecule has 0 atom stereocenters. The van der Waals surface area contributed by atoms with Crippen LogP contribution in [0.3, 0.4) is 0 Å². The number of rotatable bonds is 4. The molecule has 134 valence electrons. The minimum absolute atomic E-state index is 0.188. The maximum atomic E-state index is 11.2. The van der Waals surface area contributed by atoms with Gasteiger partial charge in [0.15, 0.2) is 5.65 Å². The molecule has 3 aromatic rings. The number of aliphatic hydroxyl groups excluding tert-OH is 1. The molecular weight excluding hydrogens is 332 g/mol. The number of carboxylic acid groups (broad SMARTS) is 1. The van der Waals surface area contributed by atoms with Crippen molar-refractivity contribution in [2.75, 3.05) is 5.32 Å². The van der Waals surface area contributed by atoms with E-state index in [1.807, 2.05) is 18.3 Å². The number of anilines is 1.